The number of carboxylic acid groups (broad SMARTS) is 1. The average molecular weight is 404 g/mol. The number of hydrogen-bond acceptors (Lipinski definition) is 5. The van der Waals surface area contributed by atoms with Crippen LogP contribution in [0.2, 0.25) is 0 Å². The van der Waals surface area contributed by atoms with Gasteiger partial charge in [-0.3, -0.25) is 9.83 Å². The van der Waals surface area contributed by atoms with Crippen molar-refractivity contribution in [2.45, 2.75) is 56.8 Å². The molecule has 1 N–H and O–H groups in total. The summed E-state index contributed by atoms with van der Waals surface area (Å²) in [6.07, 6.45) is 2.81. The van der Waals surface area contributed by atoms with E-state index in [-0.39, 0.29) is 11.8 Å². The standard InChI is InChI=1S/C21H25NO5S/c1-14-21(2,3)20-17-10-9-16(28-27-26-25)13-15(17)8-11-18(20)22(14)12-6-4-5-7-19(23)24/h8-11,13H,4-7,12H2,1-3H3,(H-,23,24,25). The van der Waals surface area contributed by atoms with E-state index in [1.54, 1.807) is 0 Å². The van der Waals surface area contributed by atoms with Crippen molar-refractivity contribution in [1.82, 2.24) is 0 Å². The molecule has 150 valence electrons. The van der Waals surface area contributed by atoms with Gasteiger partial charge in [0.1, 0.15) is 6.54 Å². The molecule has 1 aliphatic rings. The molecule has 0 bridgehead atoms. The van der Waals surface area contributed by atoms with Crippen molar-refractivity contribution in [2.75, 3.05) is 6.54 Å². The van der Waals surface area contributed by atoms with Gasteiger partial charge in [0.15, 0.2) is 5.71 Å². The third-order valence-electron chi connectivity index (χ3n) is 5.62. The smallest absolute Gasteiger partial charge is 0.303 e. The second-order valence-electron chi connectivity index (χ2n) is 7.63. The topological polar surface area (TPSA) is 81.8 Å². The minimum absolute atomic E-state index is 0.0980. The second-order valence-corrected chi connectivity index (χ2v) is 8.40. The third kappa shape index (κ3) is 4.07. The van der Waals surface area contributed by atoms with Crippen molar-refractivity contribution >= 4 is 40.2 Å². The molecule has 0 unspecified atom stereocenters. The lowest BCUT2D eigenvalue weighted by molar-refractivity contribution is -0.777. The molecule has 0 atom stereocenters. The highest BCUT2D eigenvalue weighted by Crippen LogP contribution is 2.44. The molecule has 0 aliphatic carbocycles. The average Bonchev–Trinajstić information content (AvgIpc) is 2.86. The number of hydrogen-bond donors (Lipinski definition) is 1. The molecule has 0 spiro atoms. The molecule has 0 radical (unpaired) electrons. The Morgan fingerprint density at radius 3 is 2.71 bits per heavy atom. The lowest BCUT2D eigenvalue weighted by atomic mass is 9.80. The van der Waals surface area contributed by atoms with Gasteiger partial charge in [0.25, 0.3) is 0 Å². The zero-order valence-electron chi connectivity index (χ0n) is 16.4. The predicted molar refractivity (Wildman–Crippen MR) is 107 cm³/mol. The van der Waals surface area contributed by atoms with Crippen molar-refractivity contribution in [1.29, 1.82) is 0 Å². The number of benzene rings is 2. The number of carboxylic acids is 1. The van der Waals surface area contributed by atoms with Crippen LogP contribution in [0.4, 0.5) is 5.69 Å². The van der Waals surface area contributed by atoms with Crippen LogP contribution in [0.1, 0.15) is 52.0 Å². The molecular formula is C21H25NO5S. The van der Waals surface area contributed by atoms with Crippen molar-refractivity contribution in [3.63, 3.8) is 0 Å². The van der Waals surface area contributed by atoms with Crippen LogP contribution in [0, 0.1) is 0 Å². The lowest BCUT2D eigenvalue weighted by Crippen LogP contribution is -2.26. The van der Waals surface area contributed by atoms with E-state index >= 15 is 0 Å². The first kappa shape index (κ1) is 20.8. The summed E-state index contributed by atoms with van der Waals surface area (Å²) in [6.45, 7) is 7.53. The van der Waals surface area contributed by atoms with Crippen LogP contribution >= 0.6 is 12.0 Å². The van der Waals surface area contributed by atoms with Crippen LogP contribution in [0.3, 0.4) is 0 Å². The molecule has 28 heavy (non-hydrogen) atoms. The van der Waals surface area contributed by atoms with E-state index in [0.29, 0.717) is 6.42 Å². The largest absolute Gasteiger partial charge is 0.691 e. The first-order valence-corrected chi connectivity index (χ1v) is 10.1. The van der Waals surface area contributed by atoms with Gasteiger partial charge in [0.05, 0.1) is 17.5 Å². The summed E-state index contributed by atoms with van der Waals surface area (Å²) in [4.78, 5) is 11.5. The van der Waals surface area contributed by atoms with Crippen LogP contribution in [0.15, 0.2) is 35.2 Å². The van der Waals surface area contributed by atoms with E-state index in [0.717, 1.165) is 41.7 Å². The van der Waals surface area contributed by atoms with E-state index in [1.807, 2.05) is 12.1 Å². The van der Waals surface area contributed by atoms with Gasteiger partial charge in [-0.2, -0.15) is 8.91 Å². The molecule has 1 heterocycles. The van der Waals surface area contributed by atoms with Crippen molar-refractivity contribution in [3.05, 3.63) is 35.9 Å². The van der Waals surface area contributed by atoms with Gasteiger partial charge >= 0.3 is 5.97 Å². The molecule has 0 aromatic heterocycles. The molecule has 1 aliphatic heterocycles. The Hall–Kier alpha value is -1.93. The highest BCUT2D eigenvalue weighted by atomic mass is 32.2. The summed E-state index contributed by atoms with van der Waals surface area (Å²) < 4.78 is 6.79. The number of fused-ring (bicyclic) bond motifs is 3. The monoisotopic (exact) mass is 403 g/mol. The fourth-order valence-corrected chi connectivity index (χ4v) is 4.40. The van der Waals surface area contributed by atoms with Crippen LogP contribution in [0.5, 0.6) is 0 Å². The summed E-state index contributed by atoms with van der Waals surface area (Å²) in [5.74, 6) is -0.730. The first-order chi connectivity index (χ1) is 13.4. The van der Waals surface area contributed by atoms with E-state index in [9.17, 15) is 10.1 Å². The van der Waals surface area contributed by atoms with Gasteiger partial charge in [-0.25, -0.2) is 0 Å². The summed E-state index contributed by atoms with van der Waals surface area (Å²) in [5, 5.41) is 24.5. The summed E-state index contributed by atoms with van der Waals surface area (Å²) in [7, 11) is 0. The fraction of sp³-hybridized carbons (Fsp3) is 0.429. The SMILES string of the molecule is CC1=[N+](CCCCCC(=O)O)c2ccc3cc(SOO[O-])ccc3c2C1(C)C. The van der Waals surface area contributed by atoms with Gasteiger partial charge < -0.3 is 10.4 Å². The number of unbranched alkanes of at least 4 members (excludes halogenated alkanes) is 2. The molecule has 0 amide bonds. The first-order valence-electron chi connectivity index (χ1n) is 9.40. The van der Waals surface area contributed by atoms with E-state index in [1.165, 1.54) is 22.3 Å². The Morgan fingerprint density at radius 2 is 2.00 bits per heavy atom. The Balaban J connectivity index is 1.87. The molecule has 7 heteroatoms. The number of aliphatic carboxylic acids is 1. The zero-order valence-corrected chi connectivity index (χ0v) is 17.2. The predicted octanol–water partition coefficient (Wildman–Crippen LogP) is 4.11. The molecule has 6 nitrogen and oxygen atoms in total. The quantitative estimate of drug-likeness (QED) is 0.223. The van der Waals surface area contributed by atoms with Crippen LogP contribution < -0.4 is 5.26 Å². The molecular weight excluding hydrogens is 378 g/mol. The summed E-state index contributed by atoms with van der Waals surface area (Å²) in [5.41, 5.74) is 3.72. The molecule has 2 aromatic rings. The Bertz CT molecular complexity index is 922. The van der Waals surface area contributed by atoms with Gasteiger partial charge in [-0.15, -0.1) is 0 Å². The minimum Gasteiger partial charge on any atom is -0.691 e. The van der Waals surface area contributed by atoms with E-state index in [2.05, 4.69) is 52.9 Å². The molecule has 0 fully saturated rings. The molecule has 2 aromatic carbocycles. The Morgan fingerprint density at radius 1 is 1.21 bits per heavy atom. The lowest BCUT2D eigenvalue weighted by Gasteiger charge is -2.17. The van der Waals surface area contributed by atoms with Gasteiger partial charge in [0.2, 0.25) is 5.69 Å². The fourth-order valence-electron chi connectivity index (χ4n) is 3.99. The minimum atomic E-state index is -0.730. The van der Waals surface area contributed by atoms with Gasteiger partial charge in [-0.05, 0) is 55.7 Å². The summed E-state index contributed by atoms with van der Waals surface area (Å²) in [6, 6.07) is 10.2. The highest BCUT2D eigenvalue weighted by molar-refractivity contribution is 7.94. The molecule has 3 rings (SSSR count). The van der Waals surface area contributed by atoms with Crippen LogP contribution in [-0.2, 0) is 19.6 Å². The maximum atomic E-state index is 10.7. The zero-order chi connectivity index (χ0) is 20.3. The van der Waals surface area contributed by atoms with Gasteiger partial charge in [-0.1, -0.05) is 6.07 Å². The van der Waals surface area contributed by atoms with Crippen LogP contribution in [0.25, 0.3) is 10.8 Å². The number of rotatable bonds is 9. The third-order valence-corrected chi connectivity index (χ3v) is 6.19. The maximum Gasteiger partial charge on any atom is 0.303 e. The number of nitrogens with zero attached hydrogens (tertiary/aromatic N) is 1. The molecule has 0 saturated heterocycles. The van der Waals surface area contributed by atoms with E-state index < -0.39 is 5.97 Å². The Kier molecular flexibility index (Phi) is 6.40. The van der Waals surface area contributed by atoms with Crippen LogP contribution in [-0.4, -0.2) is 27.9 Å². The maximum absolute atomic E-state index is 10.7. The van der Waals surface area contributed by atoms with E-state index in [4.69, 9.17) is 5.11 Å². The Labute approximate surface area is 168 Å². The number of carbonyl (C=O) groups is 1. The second kappa shape index (κ2) is 8.61. The molecule has 0 saturated carbocycles. The van der Waals surface area contributed by atoms with Gasteiger partial charge in [0, 0.05) is 36.3 Å². The normalized spacial score (nSPS) is 15.3. The van der Waals surface area contributed by atoms with Crippen molar-refractivity contribution < 1.29 is 29.1 Å². The summed E-state index contributed by atoms with van der Waals surface area (Å²) >= 11 is 0.895. The highest BCUT2D eigenvalue weighted by Gasteiger charge is 2.43. The van der Waals surface area contributed by atoms with Crippen molar-refractivity contribution in [2.24, 2.45) is 0 Å². The van der Waals surface area contributed by atoms with Crippen molar-refractivity contribution in [3.8, 4) is 0 Å².